The SMILES string of the molecule is CCN(c1ccccc1)S(=O)(=O)c1ccc(C(=O)N(/N=C/c2ccccc2)c2nc3ccc(Br)cc3s2)cc1. The molecule has 0 bridgehead atoms. The Balaban J connectivity index is 1.49. The highest BCUT2D eigenvalue weighted by molar-refractivity contribution is 9.10. The number of hydrazone groups is 1. The summed E-state index contributed by atoms with van der Waals surface area (Å²) >= 11 is 4.81. The summed E-state index contributed by atoms with van der Waals surface area (Å²) in [7, 11) is -3.82. The van der Waals surface area contributed by atoms with Gasteiger partial charge >= 0.3 is 0 Å². The van der Waals surface area contributed by atoms with Crippen LogP contribution in [0.5, 0.6) is 0 Å². The highest BCUT2D eigenvalue weighted by Gasteiger charge is 2.25. The van der Waals surface area contributed by atoms with Gasteiger partial charge < -0.3 is 0 Å². The first-order valence-corrected chi connectivity index (χ1v) is 15.1. The molecule has 0 unspecified atom stereocenters. The van der Waals surface area contributed by atoms with Crippen molar-refractivity contribution in [1.29, 1.82) is 0 Å². The van der Waals surface area contributed by atoms with E-state index < -0.39 is 15.9 Å². The number of anilines is 2. The van der Waals surface area contributed by atoms with Gasteiger partial charge in [0.15, 0.2) is 0 Å². The van der Waals surface area contributed by atoms with Crippen molar-refractivity contribution >= 4 is 70.4 Å². The van der Waals surface area contributed by atoms with E-state index in [1.165, 1.54) is 44.9 Å². The van der Waals surface area contributed by atoms with Crippen molar-refractivity contribution in [3.63, 3.8) is 0 Å². The van der Waals surface area contributed by atoms with Crippen molar-refractivity contribution in [1.82, 2.24) is 4.98 Å². The van der Waals surface area contributed by atoms with Crippen LogP contribution in [0.1, 0.15) is 22.8 Å². The molecule has 39 heavy (non-hydrogen) atoms. The van der Waals surface area contributed by atoms with Gasteiger partial charge in [0.1, 0.15) is 0 Å². The zero-order valence-corrected chi connectivity index (χ0v) is 24.0. The van der Waals surface area contributed by atoms with Gasteiger partial charge in [0.25, 0.3) is 15.9 Å². The quantitative estimate of drug-likeness (QED) is 0.139. The first kappa shape index (κ1) is 26.7. The first-order chi connectivity index (χ1) is 18.9. The number of carbonyl (C=O) groups excluding carboxylic acids is 1. The molecule has 0 spiro atoms. The standard InChI is InChI=1S/C29H23BrN4O3S2/c1-2-33(24-11-7-4-8-12-24)39(36,37)25-16-13-22(14-17-25)28(35)34(31-20-21-9-5-3-6-10-21)29-32-26-18-15-23(30)19-27(26)38-29/h3-20H,2H2,1H3/b31-20+. The van der Waals surface area contributed by atoms with Gasteiger partial charge in [-0.25, -0.2) is 13.4 Å². The first-order valence-electron chi connectivity index (χ1n) is 12.0. The predicted molar refractivity (Wildman–Crippen MR) is 161 cm³/mol. The van der Waals surface area contributed by atoms with E-state index in [1.54, 1.807) is 37.4 Å². The van der Waals surface area contributed by atoms with Gasteiger partial charge in [0.2, 0.25) is 5.13 Å². The lowest BCUT2D eigenvalue weighted by atomic mass is 10.2. The highest BCUT2D eigenvalue weighted by atomic mass is 79.9. The van der Waals surface area contributed by atoms with E-state index >= 15 is 0 Å². The molecule has 5 aromatic rings. The van der Waals surface area contributed by atoms with Crippen LogP contribution in [0.3, 0.4) is 0 Å². The number of nitrogens with zero attached hydrogens (tertiary/aromatic N) is 4. The Morgan fingerprint density at radius 3 is 2.28 bits per heavy atom. The number of sulfonamides is 1. The third kappa shape index (κ3) is 5.78. The number of fused-ring (bicyclic) bond motifs is 1. The fourth-order valence-electron chi connectivity index (χ4n) is 3.93. The number of halogens is 1. The van der Waals surface area contributed by atoms with Crippen LogP contribution in [-0.2, 0) is 10.0 Å². The molecule has 0 aliphatic heterocycles. The Morgan fingerprint density at radius 2 is 1.62 bits per heavy atom. The second kappa shape index (κ2) is 11.5. The Morgan fingerprint density at radius 1 is 0.949 bits per heavy atom. The monoisotopic (exact) mass is 618 g/mol. The molecule has 5 rings (SSSR count). The molecule has 0 aliphatic carbocycles. The van der Waals surface area contributed by atoms with Crippen LogP contribution in [0.2, 0.25) is 0 Å². The van der Waals surface area contributed by atoms with E-state index in [0.29, 0.717) is 10.8 Å². The number of para-hydroxylation sites is 1. The Labute approximate surface area is 239 Å². The third-order valence-corrected chi connectivity index (χ3v) is 9.26. The summed E-state index contributed by atoms with van der Waals surface area (Å²) in [5, 5.41) is 6.13. The highest BCUT2D eigenvalue weighted by Crippen LogP contribution is 2.32. The van der Waals surface area contributed by atoms with Crippen LogP contribution < -0.4 is 9.31 Å². The fraction of sp³-hybridized carbons (Fsp3) is 0.0690. The molecule has 10 heteroatoms. The number of benzene rings is 4. The molecule has 4 aromatic carbocycles. The minimum absolute atomic E-state index is 0.0916. The topological polar surface area (TPSA) is 82.9 Å². The third-order valence-electron chi connectivity index (χ3n) is 5.86. The maximum Gasteiger partial charge on any atom is 0.280 e. The summed E-state index contributed by atoms with van der Waals surface area (Å²) in [6.07, 6.45) is 1.59. The van der Waals surface area contributed by atoms with E-state index in [1.807, 2.05) is 54.6 Å². The number of carbonyl (C=O) groups is 1. The zero-order valence-electron chi connectivity index (χ0n) is 20.8. The second-order valence-corrected chi connectivity index (χ2v) is 12.2. The van der Waals surface area contributed by atoms with E-state index in [-0.39, 0.29) is 17.0 Å². The van der Waals surface area contributed by atoms with Crippen LogP contribution in [0.4, 0.5) is 10.8 Å². The summed E-state index contributed by atoms with van der Waals surface area (Å²) in [4.78, 5) is 18.4. The van der Waals surface area contributed by atoms with E-state index in [2.05, 4.69) is 26.0 Å². The van der Waals surface area contributed by atoms with Crippen molar-refractivity contribution < 1.29 is 13.2 Å². The molecule has 1 aromatic heterocycles. The van der Waals surface area contributed by atoms with Crippen LogP contribution in [0.25, 0.3) is 10.2 Å². The number of hydrogen-bond donors (Lipinski definition) is 0. The maximum atomic E-state index is 13.7. The molecular weight excluding hydrogens is 596 g/mol. The Hall–Kier alpha value is -3.86. The lowest BCUT2D eigenvalue weighted by molar-refractivity contribution is 0.0987. The van der Waals surface area contributed by atoms with Gasteiger partial charge in [-0.05, 0) is 67.1 Å². The molecule has 0 radical (unpaired) electrons. The smallest absolute Gasteiger partial charge is 0.267 e. The van der Waals surface area contributed by atoms with Crippen LogP contribution in [0, 0.1) is 0 Å². The van der Waals surface area contributed by atoms with Gasteiger partial charge in [0.05, 0.1) is 27.0 Å². The molecular formula is C29H23BrN4O3S2. The number of rotatable bonds is 8. The van der Waals surface area contributed by atoms with Crippen LogP contribution in [-0.4, -0.2) is 32.1 Å². The number of thiazole rings is 1. The molecule has 0 aliphatic rings. The summed E-state index contributed by atoms with van der Waals surface area (Å²) < 4.78 is 29.9. The molecule has 0 saturated carbocycles. The lowest BCUT2D eigenvalue weighted by Gasteiger charge is -2.23. The fourth-order valence-corrected chi connectivity index (χ4v) is 6.88. The Bertz CT molecular complexity index is 1740. The average Bonchev–Trinajstić information content (AvgIpc) is 3.37. The second-order valence-electron chi connectivity index (χ2n) is 8.41. The van der Waals surface area contributed by atoms with Gasteiger partial charge in [0, 0.05) is 16.6 Å². The molecule has 1 amide bonds. The normalized spacial score (nSPS) is 11.6. The average molecular weight is 620 g/mol. The molecule has 196 valence electrons. The maximum absolute atomic E-state index is 13.7. The molecule has 1 heterocycles. The van der Waals surface area contributed by atoms with Crippen LogP contribution in [0.15, 0.2) is 118 Å². The van der Waals surface area contributed by atoms with Gasteiger partial charge in [-0.3, -0.25) is 9.10 Å². The minimum Gasteiger partial charge on any atom is -0.267 e. The van der Waals surface area contributed by atoms with E-state index in [0.717, 1.165) is 20.3 Å². The number of amides is 1. The Kier molecular flexibility index (Phi) is 7.87. The molecule has 0 N–H and O–H groups in total. The summed E-state index contributed by atoms with van der Waals surface area (Å²) in [5.74, 6) is -0.431. The summed E-state index contributed by atoms with van der Waals surface area (Å²) in [6, 6.07) is 29.9. The van der Waals surface area contributed by atoms with E-state index in [4.69, 9.17) is 0 Å². The van der Waals surface area contributed by atoms with Crippen molar-refractivity contribution in [3.8, 4) is 0 Å². The van der Waals surface area contributed by atoms with Gasteiger partial charge in [-0.15, -0.1) is 0 Å². The van der Waals surface area contributed by atoms with Crippen molar-refractivity contribution in [2.45, 2.75) is 11.8 Å². The molecule has 0 atom stereocenters. The van der Waals surface area contributed by atoms with Crippen molar-refractivity contribution in [2.24, 2.45) is 5.10 Å². The molecule has 0 fully saturated rings. The van der Waals surface area contributed by atoms with E-state index in [9.17, 15) is 13.2 Å². The summed E-state index contributed by atoms with van der Waals surface area (Å²) in [6.45, 7) is 2.05. The lowest BCUT2D eigenvalue weighted by Crippen LogP contribution is -2.31. The van der Waals surface area contributed by atoms with Crippen molar-refractivity contribution in [3.05, 3.63) is 119 Å². The molecule has 0 saturated heterocycles. The minimum atomic E-state index is -3.82. The largest absolute Gasteiger partial charge is 0.280 e. The van der Waals surface area contributed by atoms with Crippen molar-refractivity contribution in [2.75, 3.05) is 15.9 Å². The number of hydrogen-bond acceptors (Lipinski definition) is 6. The van der Waals surface area contributed by atoms with Gasteiger partial charge in [-0.2, -0.15) is 10.1 Å². The zero-order chi connectivity index (χ0) is 27.4. The van der Waals surface area contributed by atoms with Crippen LogP contribution >= 0.6 is 27.3 Å². The predicted octanol–water partition coefficient (Wildman–Crippen LogP) is 6.95. The summed E-state index contributed by atoms with van der Waals surface area (Å²) in [5.41, 5.74) is 2.42. The van der Waals surface area contributed by atoms with Gasteiger partial charge in [-0.1, -0.05) is 75.8 Å². The molecule has 7 nitrogen and oxygen atoms in total. The number of aromatic nitrogens is 1.